The molecular formula is C22H22O2. The van der Waals surface area contributed by atoms with E-state index in [0.29, 0.717) is 0 Å². The van der Waals surface area contributed by atoms with Crippen molar-refractivity contribution in [3.63, 3.8) is 0 Å². The Kier molecular flexibility index (Phi) is 5.09. The molecule has 0 aliphatic heterocycles. The molecule has 1 N–H and O–H groups in total. The molecule has 2 heteroatoms. The summed E-state index contributed by atoms with van der Waals surface area (Å²) in [6, 6.07) is 28.8. The lowest BCUT2D eigenvalue weighted by atomic mass is 9.80. The van der Waals surface area contributed by atoms with Gasteiger partial charge in [0.15, 0.2) is 0 Å². The van der Waals surface area contributed by atoms with Crippen molar-refractivity contribution in [2.24, 2.45) is 0 Å². The summed E-state index contributed by atoms with van der Waals surface area (Å²) in [7, 11) is 0. The molecular weight excluding hydrogens is 296 g/mol. The SMILES string of the molecule is Cc1ccc(C(OCCO)(c2ccccc2)c2ccccc2)cc1. The van der Waals surface area contributed by atoms with Crippen molar-refractivity contribution in [1.29, 1.82) is 0 Å². The number of hydrogen-bond donors (Lipinski definition) is 1. The molecule has 3 aromatic rings. The second-order valence-electron chi connectivity index (χ2n) is 5.85. The molecule has 0 heterocycles. The van der Waals surface area contributed by atoms with Crippen molar-refractivity contribution in [2.75, 3.05) is 13.2 Å². The maximum absolute atomic E-state index is 9.39. The van der Waals surface area contributed by atoms with Gasteiger partial charge in [0, 0.05) is 0 Å². The first-order valence-electron chi connectivity index (χ1n) is 8.20. The molecule has 0 aliphatic rings. The predicted molar refractivity (Wildman–Crippen MR) is 97.0 cm³/mol. The highest BCUT2D eigenvalue weighted by molar-refractivity contribution is 5.47. The summed E-state index contributed by atoms with van der Waals surface area (Å²) < 4.78 is 6.33. The van der Waals surface area contributed by atoms with E-state index in [0.717, 1.165) is 16.7 Å². The topological polar surface area (TPSA) is 29.5 Å². The molecule has 0 saturated heterocycles. The van der Waals surface area contributed by atoms with E-state index in [1.165, 1.54) is 5.56 Å². The van der Waals surface area contributed by atoms with Crippen LogP contribution in [0, 0.1) is 6.92 Å². The number of hydrogen-bond acceptors (Lipinski definition) is 2. The number of aliphatic hydroxyl groups is 1. The Morgan fingerprint density at radius 3 is 1.62 bits per heavy atom. The van der Waals surface area contributed by atoms with Crippen LogP contribution in [0.25, 0.3) is 0 Å². The molecule has 0 radical (unpaired) electrons. The zero-order chi connectivity index (χ0) is 16.8. The lowest BCUT2D eigenvalue weighted by Crippen LogP contribution is -2.34. The van der Waals surface area contributed by atoms with E-state index < -0.39 is 5.60 Å². The number of ether oxygens (including phenoxy) is 1. The maximum atomic E-state index is 9.39. The first kappa shape index (κ1) is 16.4. The van der Waals surface area contributed by atoms with Crippen LogP contribution in [-0.4, -0.2) is 18.3 Å². The number of aryl methyl sites for hydroxylation is 1. The van der Waals surface area contributed by atoms with Gasteiger partial charge in [-0.15, -0.1) is 0 Å². The smallest absolute Gasteiger partial charge is 0.143 e. The summed E-state index contributed by atoms with van der Waals surface area (Å²) in [5, 5.41) is 9.39. The molecule has 2 nitrogen and oxygen atoms in total. The van der Waals surface area contributed by atoms with Crippen LogP contribution in [0.5, 0.6) is 0 Å². The Labute approximate surface area is 143 Å². The molecule has 0 amide bonds. The third-order valence-corrected chi connectivity index (χ3v) is 4.23. The molecule has 24 heavy (non-hydrogen) atoms. The van der Waals surface area contributed by atoms with Gasteiger partial charge in [-0.2, -0.15) is 0 Å². The molecule has 3 rings (SSSR count). The van der Waals surface area contributed by atoms with Crippen LogP contribution in [-0.2, 0) is 10.3 Å². The zero-order valence-electron chi connectivity index (χ0n) is 13.9. The Morgan fingerprint density at radius 1 is 0.708 bits per heavy atom. The van der Waals surface area contributed by atoms with Gasteiger partial charge in [0.2, 0.25) is 0 Å². The molecule has 0 spiro atoms. The van der Waals surface area contributed by atoms with Crippen LogP contribution in [0.3, 0.4) is 0 Å². The van der Waals surface area contributed by atoms with Gasteiger partial charge in [-0.25, -0.2) is 0 Å². The molecule has 0 fully saturated rings. The standard InChI is InChI=1S/C22H22O2/c1-18-12-14-21(15-13-18)22(24-17-16-23,19-8-4-2-5-9-19)20-10-6-3-7-11-20/h2-15,23H,16-17H2,1H3. The summed E-state index contributed by atoms with van der Waals surface area (Å²) in [5.41, 5.74) is 3.62. The normalized spacial score (nSPS) is 11.4. The lowest BCUT2D eigenvalue weighted by molar-refractivity contribution is -0.00644. The van der Waals surface area contributed by atoms with Crippen molar-refractivity contribution in [1.82, 2.24) is 0 Å². The maximum Gasteiger partial charge on any atom is 0.143 e. The van der Waals surface area contributed by atoms with Crippen molar-refractivity contribution >= 4 is 0 Å². The van der Waals surface area contributed by atoms with Crippen LogP contribution >= 0.6 is 0 Å². The number of benzene rings is 3. The average molecular weight is 318 g/mol. The van der Waals surface area contributed by atoms with Gasteiger partial charge in [0.25, 0.3) is 0 Å². The van der Waals surface area contributed by atoms with E-state index in [1.54, 1.807) is 0 Å². The van der Waals surface area contributed by atoms with Gasteiger partial charge < -0.3 is 9.84 Å². The second kappa shape index (κ2) is 7.43. The monoisotopic (exact) mass is 318 g/mol. The molecule has 0 bridgehead atoms. The summed E-state index contributed by atoms with van der Waals surface area (Å²) in [4.78, 5) is 0. The third kappa shape index (κ3) is 3.12. The summed E-state index contributed by atoms with van der Waals surface area (Å²) in [6.45, 7) is 2.32. The van der Waals surface area contributed by atoms with E-state index in [-0.39, 0.29) is 13.2 Å². The van der Waals surface area contributed by atoms with Gasteiger partial charge in [-0.1, -0.05) is 90.5 Å². The summed E-state index contributed by atoms with van der Waals surface area (Å²) in [6.07, 6.45) is 0. The largest absolute Gasteiger partial charge is 0.394 e. The second-order valence-corrected chi connectivity index (χ2v) is 5.85. The fraction of sp³-hybridized carbons (Fsp3) is 0.182. The van der Waals surface area contributed by atoms with Gasteiger partial charge in [0.05, 0.1) is 13.2 Å². The Morgan fingerprint density at radius 2 is 1.17 bits per heavy atom. The average Bonchev–Trinajstić information content (AvgIpc) is 2.65. The van der Waals surface area contributed by atoms with E-state index in [2.05, 4.69) is 55.5 Å². The highest BCUT2D eigenvalue weighted by atomic mass is 16.5. The Balaban J connectivity index is 2.26. The van der Waals surface area contributed by atoms with Crippen molar-refractivity contribution in [2.45, 2.75) is 12.5 Å². The van der Waals surface area contributed by atoms with Crippen LogP contribution in [0.15, 0.2) is 84.9 Å². The molecule has 122 valence electrons. The van der Waals surface area contributed by atoms with E-state index in [4.69, 9.17) is 4.74 Å². The molecule has 0 aromatic heterocycles. The van der Waals surface area contributed by atoms with Gasteiger partial charge >= 0.3 is 0 Å². The summed E-state index contributed by atoms with van der Waals surface area (Å²) in [5.74, 6) is 0. The first-order chi connectivity index (χ1) is 11.8. The fourth-order valence-corrected chi connectivity index (χ4v) is 3.08. The lowest BCUT2D eigenvalue weighted by Gasteiger charge is -2.35. The molecule has 0 unspecified atom stereocenters. The molecule has 3 aromatic carbocycles. The van der Waals surface area contributed by atoms with E-state index in [9.17, 15) is 5.11 Å². The summed E-state index contributed by atoms with van der Waals surface area (Å²) >= 11 is 0. The van der Waals surface area contributed by atoms with E-state index >= 15 is 0 Å². The molecule has 0 aliphatic carbocycles. The quantitative estimate of drug-likeness (QED) is 0.687. The minimum Gasteiger partial charge on any atom is -0.394 e. The van der Waals surface area contributed by atoms with E-state index in [1.807, 2.05) is 36.4 Å². The molecule has 0 atom stereocenters. The van der Waals surface area contributed by atoms with Crippen LogP contribution in [0.1, 0.15) is 22.3 Å². The Hall–Kier alpha value is -2.42. The Bertz CT molecular complexity index is 709. The van der Waals surface area contributed by atoms with Crippen LogP contribution < -0.4 is 0 Å². The molecule has 0 saturated carbocycles. The first-order valence-corrected chi connectivity index (χ1v) is 8.20. The zero-order valence-corrected chi connectivity index (χ0v) is 13.9. The van der Waals surface area contributed by atoms with Gasteiger partial charge in [0.1, 0.15) is 5.60 Å². The van der Waals surface area contributed by atoms with Crippen molar-refractivity contribution < 1.29 is 9.84 Å². The van der Waals surface area contributed by atoms with Crippen molar-refractivity contribution in [3.8, 4) is 0 Å². The fourth-order valence-electron chi connectivity index (χ4n) is 3.08. The van der Waals surface area contributed by atoms with Crippen molar-refractivity contribution in [3.05, 3.63) is 107 Å². The van der Waals surface area contributed by atoms with Crippen LogP contribution in [0.4, 0.5) is 0 Å². The minimum atomic E-state index is -0.737. The number of rotatable bonds is 6. The number of aliphatic hydroxyl groups excluding tert-OH is 1. The predicted octanol–water partition coefficient (Wildman–Crippen LogP) is 4.30. The highest BCUT2D eigenvalue weighted by Gasteiger charge is 2.37. The third-order valence-electron chi connectivity index (χ3n) is 4.23. The van der Waals surface area contributed by atoms with Crippen LogP contribution in [0.2, 0.25) is 0 Å². The minimum absolute atomic E-state index is 0.0206. The highest BCUT2D eigenvalue weighted by Crippen LogP contribution is 2.40. The van der Waals surface area contributed by atoms with Gasteiger partial charge in [-0.3, -0.25) is 0 Å². The van der Waals surface area contributed by atoms with Gasteiger partial charge in [-0.05, 0) is 23.6 Å².